The van der Waals surface area contributed by atoms with Crippen LogP contribution in [0.1, 0.15) is 0 Å². The number of aromatic nitrogens is 3. The Morgan fingerprint density at radius 3 is 1.69 bits per heavy atom. The molecule has 0 fully saturated rings. The van der Waals surface area contributed by atoms with E-state index in [0.717, 1.165) is 60.5 Å². The molecule has 0 unspecified atom stereocenters. The average molecular weight is 662 g/mol. The first kappa shape index (κ1) is 27.7. The molecule has 0 N–H and O–H groups in total. The van der Waals surface area contributed by atoms with Crippen LogP contribution in [0.15, 0.2) is 168 Å². The summed E-state index contributed by atoms with van der Waals surface area (Å²) in [6.07, 6.45) is 0. The van der Waals surface area contributed by atoms with Crippen molar-refractivity contribution in [1.29, 1.82) is 0 Å². The van der Waals surface area contributed by atoms with Crippen LogP contribution >= 0.6 is 0 Å². The number of hydrogen-bond donors (Lipinski definition) is 0. The van der Waals surface area contributed by atoms with Crippen molar-refractivity contribution in [3.63, 3.8) is 0 Å². The minimum atomic E-state index is 0.611. The Bertz CT molecular complexity index is 3470. The maximum atomic E-state index is 6.62. The van der Waals surface area contributed by atoms with E-state index >= 15 is 0 Å². The van der Waals surface area contributed by atoms with E-state index in [4.69, 9.17) is 14.4 Å². The van der Waals surface area contributed by atoms with Gasteiger partial charge in [-0.3, -0.25) is 4.57 Å². The first-order chi connectivity index (χ1) is 25.8. The molecule has 0 spiro atoms. The minimum Gasteiger partial charge on any atom is -0.454 e. The van der Waals surface area contributed by atoms with Gasteiger partial charge in [0.1, 0.15) is 11.1 Å². The second-order valence-electron chi connectivity index (χ2n) is 13.6. The van der Waals surface area contributed by atoms with Crippen LogP contribution in [-0.4, -0.2) is 14.5 Å². The number of hydrogen-bond acceptors (Lipinski definition) is 3. The molecule has 0 saturated heterocycles. The van der Waals surface area contributed by atoms with Crippen LogP contribution in [-0.2, 0) is 0 Å². The zero-order valence-corrected chi connectivity index (χ0v) is 27.8. The Kier molecular flexibility index (Phi) is 5.47. The molecule has 3 aromatic heterocycles. The first-order valence-electron chi connectivity index (χ1n) is 17.7. The highest BCUT2D eigenvalue weighted by atomic mass is 16.3. The van der Waals surface area contributed by atoms with Crippen molar-refractivity contribution in [3.8, 4) is 17.2 Å². The molecule has 4 heteroatoms. The predicted octanol–water partition coefficient (Wildman–Crippen LogP) is 12.9. The molecule has 9 aromatic carbocycles. The van der Waals surface area contributed by atoms with Gasteiger partial charge >= 0.3 is 0 Å². The van der Waals surface area contributed by atoms with E-state index in [9.17, 15) is 0 Å². The van der Waals surface area contributed by atoms with Gasteiger partial charge in [0, 0.05) is 43.3 Å². The van der Waals surface area contributed by atoms with E-state index in [1.165, 1.54) is 48.5 Å². The molecule has 0 bridgehead atoms. The highest BCUT2D eigenvalue weighted by Gasteiger charge is 2.25. The van der Waals surface area contributed by atoms with Gasteiger partial charge in [-0.25, -0.2) is 9.97 Å². The average Bonchev–Trinajstić information content (AvgIpc) is 3.77. The van der Waals surface area contributed by atoms with Crippen molar-refractivity contribution in [2.75, 3.05) is 0 Å². The molecule has 0 radical (unpaired) electrons. The maximum absolute atomic E-state index is 6.62. The third-order valence-corrected chi connectivity index (χ3v) is 11.0. The monoisotopic (exact) mass is 661 g/mol. The second-order valence-corrected chi connectivity index (χ2v) is 13.6. The van der Waals surface area contributed by atoms with Crippen molar-refractivity contribution < 1.29 is 4.42 Å². The summed E-state index contributed by atoms with van der Waals surface area (Å²) in [5.41, 5.74) is 6.47. The molecule has 4 nitrogen and oxygen atoms in total. The molecule has 0 saturated carbocycles. The normalized spacial score (nSPS) is 12.2. The first-order valence-corrected chi connectivity index (χ1v) is 17.7. The van der Waals surface area contributed by atoms with Gasteiger partial charge in [-0.1, -0.05) is 140 Å². The van der Waals surface area contributed by atoms with Gasteiger partial charge in [0.15, 0.2) is 5.58 Å². The summed E-state index contributed by atoms with van der Waals surface area (Å²) in [7, 11) is 0. The molecule has 52 heavy (non-hydrogen) atoms. The molecule has 0 atom stereocenters. The van der Waals surface area contributed by atoms with E-state index < -0.39 is 0 Å². The summed E-state index contributed by atoms with van der Waals surface area (Å²) in [4.78, 5) is 11.0. The molecule has 0 aliphatic heterocycles. The Labute approximate surface area is 296 Å². The summed E-state index contributed by atoms with van der Waals surface area (Å²) in [5.74, 6) is 0.611. The molecule has 3 heterocycles. The number of fused-ring (bicyclic) bond motifs is 18. The molecule has 240 valence electrons. The molecule has 0 aliphatic rings. The van der Waals surface area contributed by atoms with Crippen LogP contribution in [0.5, 0.6) is 0 Å². The number of nitrogens with zero attached hydrogens (tertiary/aromatic N) is 3. The molecule has 0 amide bonds. The third kappa shape index (κ3) is 3.60. The van der Waals surface area contributed by atoms with Crippen LogP contribution in [0.2, 0.25) is 0 Å². The van der Waals surface area contributed by atoms with Crippen LogP contribution in [0, 0.1) is 0 Å². The zero-order valence-electron chi connectivity index (χ0n) is 27.8. The second kappa shape index (κ2) is 10.3. The lowest BCUT2D eigenvalue weighted by atomic mass is 9.88. The van der Waals surface area contributed by atoms with Crippen molar-refractivity contribution in [3.05, 3.63) is 164 Å². The fraction of sp³-hybridized carbons (Fsp3) is 0. The Morgan fingerprint density at radius 2 is 0.942 bits per heavy atom. The number of rotatable bonds is 2. The van der Waals surface area contributed by atoms with Crippen molar-refractivity contribution in [2.45, 2.75) is 0 Å². The fourth-order valence-electron chi connectivity index (χ4n) is 8.82. The highest BCUT2D eigenvalue weighted by molar-refractivity contribution is 6.42. The quantitative estimate of drug-likeness (QED) is 0.173. The summed E-state index contributed by atoms with van der Waals surface area (Å²) >= 11 is 0. The largest absolute Gasteiger partial charge is 0.454 e. The molecule has 12 rings (SSSR count). The van der Waals surface area contributed by atoms with Crippen molar-refractivity contribution >= 4 is 97.7 Å². The van der Waals surface area contributed by atoms with Crippen LogP contribution in [0.4, 0.5) is 0 Å². The van der Waals surface area contributed by atoms with Gasteiger partial charge in [-0.15, -0.1) is 0 Å². The third-order valence-electron chi connectivity index (χ3n) is 11.0. The Balaban J connectivity index is 1.34. The van der Waals surface area contributed by atoms with Gasteiger partial charge in [0.05, 0.1) is 16.7 Å². The lowest BCUT2D eigenvalue weighted by Gasteiger charge is -2.16. The summed E-state index contributed by atoms with van der Waals surface area (Å²) in [6.45, 7) is 0. The molecular weight excluding hydrogens is 635 g/mol. The molecule has 12 aromatic rings. The van der Waals surface area contributed by atoms with Gasteiger partial charge in [-0.05, 0) is 56.6 Å². The minimum absolute atomic E-state index is 0.611. The van der Waals surface area contributed by atoms with E-state index in [2.05, 4.69) is 150 Å². The van der Waals surface area contributed by atoms with Gasteiger partial charge < -0.3 is 4.42 Å². The van der Waals surface area contributed by atoms with Crippen LogP contribution < -0.4 is 0 Å². The summed E-state index contributed by atoms with van der Waals surface area (Å²) in [6, 6.07) is 58.2. The Morgan fingerprint density at radius 1 is 0.385 bits per heavy atom. The van der Waals surface area contributed by atoms with E-state index in [1.54, 1.807) is 0 Å². The lowest BCUT2D eigenvalue weighted by molar-refractivity contribution is 0.671. The number of furan rings is 1. The molecule has 0 aliphatic carbocycles. The maximum Gasteiger partial charge on any atom is 0.235 e. The topological polar surface area (TPSA) is 43.9 Å². The van der Waals surface area contributed by atoms with Crippen molar-refractivity contribution in [2.24, 2.45) is 0 Å². The van der Waals surface area contributed by atoms with E-state index in [-0.39, 0.29) is 0 Å². The van der Waals surface area contributed by atoms with E-state index in [0.29, 0.717) is 5.95 Å². The number of benzene rings is 9. The predicted molar refractivity (Wildman–Crippen MR) is 217 cm³/mol. The van der Waals surface area contributed by atoms with Gasteiger partial charge in [-0.2, -0.15) is 0 Å². The smallest absolute Gasteiger partial charge is 0.235 e. The lowest BCUT2D eigenvalue weighted by Crippen LogP contribution is -2.04. The number of para-hydroxylation sites is 2. The van der Waals surface area contributed by atoms with Gasteiger partial charge in [0.2, 0.25) is 5.95 Å². The zero-order chi connectivity index (χ0) is 33.9. The fourth-order valence-corrected chi connectivity index (χ4v) is 8.82. The Hall–Kier alpha value is -7.04. The molecular formula is C48H27N3O. The SMILES string of the molecule is c1ccc(-c2nc(-n3c4ccccc4c4c5c6ccccc6c6ccccc6c5c5ccccc5c43)nc3c2ccc2c4ccccc4oc23)cc1. The van der Waals surface area contributed by atoms with E-state index in [1.807, 2.05) is 18.2 Å². The van der Waals surface area contributed by atoms with Crippen LogP contribution in [0.25, 0.3) is 115 Å². The van der Waals surface area contributed by atoms with Crippen molar-refractivity contribution in [1.82, 2.24) is 14.5 Å². The van der Waals surface area contributed by atoms with Gasteiger partial charge in [0.25, 0.3) is 0 Å². The van der Waals surface area contributed by atoms with Crippen LogP contribution in [0.3, 0.4) is 0 Å². The standard InChI is InChI=1S/C48H27N3O/c1-2-14-28(15-3-1)44-38-27-26-36-31-18-11-13-25-40(31)52-47(36)45(38)50-48(49-44)51-39-24-12-10-23-37(39)43-42-33-20-7-5-17-30(33)29-16-4-6-19-32(29)41(42)34-21-8-9-22-35(34)46(43)51/h1-27H. The highest BCUT2D eigenvalue weighted by Crippen LogP contribution is 2.48. The summed E-state index contributed by atoms with van der Waals surface area (Å²) in [5, 5.41) is 15.4. The summed E-state index contributed by atoms with van der Waals surface area (Å²) < 4.78 is 8.92.